The number of imidazole rings is 1. The molecule has 0 unspecified atom stereocenters. The zero-order chi connectivity index (χ0) is 22.8. The number of anilines is 1. The fraction of sp³-hybridized carbons (Fsp3) is 0.0800. The Bertz CT molecular complexity index is 1400. The van der Waals surface area contributed by atoms with Crippen LogP contribution in [0.4, 0.5) is 10.1 Å². The molecule has 0 atom stereocenters. The molecule has 2 aromatic carbocycles. The van der Waals surface area contributed by atoms with Gasteiger partial charge in [-0.3, -0.25) is 4.79 Å². The normalized spacial score (nSPS) is 11.0. The van der Waals surface area contributed by atoms with Crippen molar-refractivity contribution in [3.8, 4) is 11.5 Å². The maximum atomic E-state index is 14.5. The fourth-order valence-electron chi connectivity index (χ4n) is 3.69. The van der Waals surface area contributed by atoms with E-state index in [-0.39, 0.29) is 11.6 Å². The van der Waals surface area contributed by atoms with Crippen LogP contribution in [0.25, 0.3) is 11.5 Å². The van der Waals surface area contributed by atoms with Gasteiger partial charge in [-0.2, -0.15) is 5.10 Å². The molecule has 0 aliphatic carbocycles. The minimum atomic E-state index is -0.426. The summed E-state index contributed by atoms with van der Waals surface area (Å²) in [6.07, 6.45) is 8.73. The van der Waals surface area contributed by atoms with E-state index in [0.717, 1.165) is 11.4 Å². The lowest BCUT2D eigenvalue weighted by Crippen LogP contribution is -2.15. The van der Waals surface area contributed by atoms with Crippen LogP contribution in [0.15, 0.2) is 91.6 Å². The van der Waals surface area contributed by atoms with E-state index in [9.17, 15) is 9.18 Å². The van der Waals surface area contributed by atoms with E-state index in [2.05, 4.69) is 15.4 Å². The lowest BCUT2D eigenvalue weighted by molar-refractivity contribution is 0.102. The molecule has 1 amide bonds. The molecule has 0 aliphatic rings. The third-order valence-electron chi connectivity index (χ3n) is 5.41. The number of carbonyl (C=O) groups is 1. The second kappa shape index (κ2) is 8.58. The highest BCUT2D eigenvalue weighted by molar-refractivity contribution is 6.06. The van der Waals surface area contributed by atoms with Crippen LogP contribution in [-0.2, 0) is 6.54 Å². The summed E-state index contributed by atoms with van der Waals surface area (Å²) >= 11 is 0. The Kier molecular flexibility index (Phi) is 5.32. The molecule has 5 rings (SSSR count). The van der Waals surface area contributed by atoms with Gasteiger partial charge in [-0.15, -0.1) is 0 Å². The summed E-state index contributed by atoms with van der Waals surface area (Å²) in [6, 6.07) is 17.6. The number of hydrogen-bond donors (Lipinski definition) is 1. The number of amides is 1. The Morgan fingerprint density at radius 1 is 1.00 bits per heavy atom. The first-order valence-electron chi connectivity index (χ1n) is 10.4. The van der Waals surface area contributed by atoms with Gasteiger partial charge >= 0.3 is 0 Å². The van der Waals surface area contributed by atoms with E-state index >= 15 is 0 Å². The van der Waals surface area contributed by atoms with Crippen molar-refractivity contribution in [3.63, 3.8) is 0 Å². The molecule has 1 N–H and O–H groups in total. The van der Waals surface area contributed by atoms with Gasteiger partial charge in [0, 0.05) is 37.0 Å². The molecule has 3 heterocycles. The highest BCUT2D eigenvalue weighted by Crippen LogP contribution is 2.23. The zero-order valence-electron chi connectivity index (χ0n) is 17.9. The molecule has 0 aliphatic heterocycles. The Morgan fingerprint density at radius 3 is 2.45 bits per heavy atom. The molecule has 0 bridgehead atoms. The van der Waals surface area contributed by atoms with E-state index in [1.165, 1.54) is 16.9 Å². The van der Waals surface area contributed by atoms with Gasteiger partial charge in [-0.1, -0.05) is 24.3 Å². The Balaban J connectivity index is 1.42. The molecule has 0 saturated heterocycles. The van der Waals surface area contributed by atoms with Crippen molar-refractivity contribution in [2.24, 2.45) is 0 Å². The average Bonchev–Trinajstić information content (AvgIpc) is 3.57. The van der Waals surface area contributed by atoms with Crippen LogP contribution < -0.4 is 5.32 Å². The average molecular weight is 440 g/mol. The Morgan fingerprint density at radius 2 is 1.76 bits per heavy atom. The van der Waals surface area contributed by atoms with Crippen LogP contribution in [0.5, 0.6) is 0 Å². The number of halogens is 1. The highest BCUT2D eigenvalue weighted by Gasteiger charge is 2.21. The summed E-state index contributed by atoms with van der Waals surface area (Å²) in [5, 5.41) is 7.24. The summed E-state index contributed by atoms with van der Waals surface area (Å²) < 4.78 is 19.7. The number of para-hydroxylation sites is 1. The van der Waals surface area contributed by atoms with Crippen molar-refractivity contribution < 1.29 is 9.18 Å². The summed E-state index contributed by atoms with van der Waals surface area (Å²) in [5.41, 5.74) is 2.34. The summed E-state index contributed by atoms with van der Waals surface area (Å²) in [5.74, 6) is 0.635. The van der Waals surface area contributed by atoms with Gasteiger partial charge in [0.05, 0.1) is 6.20 Å². The topological polar surface area (TPSA) is 69.7 Å². The van der Waals surface area contributed by atoms with Gasteiger partial charge in [-0.05, 0) is 48.9 Å². The molecular weight excluding hydrogens is 419 g/mol. The van der Waals surface area contributed by atoms with Crippen molar-refractivity contribution in [2.75, 3.05) is 5.32 Å². The first-order valence-corrected chi connectivity index (χ1v) is 10.4. The Hall–Kier alpha value is -4.46. The van der Waals surface area contributed by atoms with Gasteiger partial charge in [0.1, 0.15) is 22.9 Å². The molecule has 8 heteroatoms. The minimum Gasteiger partial charge on any atom is -0.331 e. The third kappa shape index (κ3) is 4.06. The third-order valence-corrected chi connectivity index (χ3v) is 5.41. The van der Waals surface area contributed by atoms with E-state index in [1.54, 1.807) is 41.4 Å². The van der Waals surface area contributed by atoms with Crippen molar-refractivity contribution in [1.29, 1.82) is 0 Å². The second-order valence-electron chi connectivity index (χ2n) is 7.59. The second-order valence-corrected chi connectivity index (χ2v) is 7.59. The van der Waals surface area contributed by atoms with E-state index in [1.807, 2.05) is 54.1 Å². The molecule has 164 valence electrons. The highest BCUT2D eigenvalue weighted by atomic mass is 19.1. The summed E-state index contributed by atoms with van der Waals surface area (Å²) in [4.78, 5) is 17.4. The van der Waals surface area contributed by atoms with Gasteiger partial charge in [0.25, 0.3) is 5.91 Å². The molecular formula is C25H21FN6O. The summed E-state index contributed by atoms with van der Waals surface area (Å²) in [7, 11) is 0. The maximum Gasteiger partial charge on any atom is 0.261 e. The first-order chi connectivity index (χ1) is 16.1. The number of aromatic nitrogens is 5. The number of hydrogen-bond acceptors (Lipinski definition) is 3. The SMILES string of the molecule is Cc1nccn1Cc1ccc(NC(=O)c2cnn(-c3ccccc3F)c2-n2cccc2)cc1. The van der Waals surface area contributed by atoms with Gasteiger partial charge < -0.3 is 14.5 Å². The number of nitrogens with zero attached hydrogens (tertiary/aromatic N) is 5. The lowest BCUT2D eigenvalue weighted by Gasteiger charge is -2.12. The van der Waals surface area contributed by atoms with Crippen LogP contribution in [0, 0.1) is 12.7 Å². The predicted molar refractivity (Wildman–Crippen MR) is 123 cm³/mol. The smallest absolute Gasteiger partial charge is 0.261 e. The molecule has 33 heavy (non-hydrogen) atoms. The molecule has 3 aromatic heterocycles. The maximum absolute atomic E-state index is 14.5. The molecule has 0 saturated carbocycles. The van der Waals surface area contributed by atoms with Crippen molar-refractivity contribution in [3.05, 3.63) is 114 Å². The van der Waals surface area contributed by atoms with Crippen molar-refractivity contribution in [1.82, 2.24) is 23.9 Å². The van der Waals surface area contributed by atoms with E-state index in [0.29, 0.717) is 23.6 Å². The van der Waals surface area contributed by atoms with Gasteiger partial charge in [0.15, 0.2) is 5.82 Å². The van der Waals surface area contributed by atoms with Gasteiger partial charge in [-0.25, -0.2) is 14.1 Å². The van der Waals surface area contributed by atoms with E-state index in [4.69, 9.17) is 0 Å². The lowest BCUT2D eigenvalue weighted by atomic mass is 10.2. The fourth-order valence-corrected chi connectivity index (χ4v) is 3.69. The van der Waals surface area contributed by atoms with Crippen LogP contribution in [0.1, 0.15) is 21.7 Å². The van der Waals surface area contributed by atoms with Crippen LogP contribution in [0.2, 0.25) is 0 Å². The number of carbonyl (C=O) groups excluding carboxylic acids is 1. The summed E-state index contributed by atoms with van der Waals surface area (Å²) in [6.45, 7) is 2.66. The quantitative estimate of drug-likeness (QED) is 0.419. The van der Waals surface area contributed by atoms with E-state index < -0.39 is 5.82 Å². The number of rotatable bonds is 6. The predicted octanol–water partition coefficient (Wildman–Crippen LogP) is 4.61. The van der Waals surface area contributed by atoms with Crippen LogP contribution >= 0.6 is 0 Å². The van der Waals surface area contributed by atoms with Crippen molar-refractivity contribution in [2.45, 2.75) is 13.5 Å². The number of aryl methyl sites for hydroxylation is 1. The monoisotopic (exact) mass is 440 g/mol. The first kappa shape index (κ1) is 20.4. The van der Waals surface area contributed by atoms with Gasteiger partial charge in [0.2, 0.25) is 0 Å². The molecule has 0 radical (unpaired) electrons. The van der Waals surface area contributed by atoms with Crippen LogP contribution in [0.3, 0.4) is 0 Å². The number of nitrogens with one attached hydrogen (secondary N) is 1. The molecule has 7 nitrogen and oxygen atoms in total. The molecule has 0 spiro atoms. The minimum absolute atomic E-state index is 0.263. The van der Waals surface area contributed by atoms with Crippen molar-refractivity contribution >= 4 is 11.6 Å². The Labute approximate surface area is 189 Å². The largest absolute Gasteiger partial charge is 0.331 e. The number of benzene rings is 2. The molecule has 0 fully saturated rings. The van der Waals surface area contributed by atoms with Crippen LogP contribution in [-0.4, -0.2) is 29.8 Å². The zero-order valence-corrected chi connectivity index (χ0v) is 17.9. The standard InChI is InChI=1S/C25H21FN6O/c1-18-27-12-15-31(18)17-19-8-10-20(11-9-19)29-24(33)21-16-28-32(23-7-3-2-6-22(23)26)25(21)30-13-4-5-14-30/h2-16H,17H2,1H3,(H,29,33). The molecule has 5 aromatic rings.